The maximum absolute atomic E-state index is 11.8. The van der Waals surface area contributed by atoms with Gasteiger partial charge in [-0.25, -0.2) is 9.59 Å². The highest BCUT2D eigenvalue weighted by Crippen LogP contribution is 2.30. The molecule has 3 aromatic rings. The lowest BCUT2D eigenvalue weighted by atomic mass is 10.0. The van der Waals surface area contributed by atoms with E-state index in [1.54, 1.807) is 12.1 Å². The van der Waals surface area contributed by atoms with Crippen molar-refractivity contribution < 1.29 is 23.8 Å². The molecular formula is C21H16O5. The van der Waals surface area contributed by atoms with Crippen molar-refractivity contribution in [2.45, 2.75) is 13.2 Å². The van der Waals surface area contributed by atoms with E-state index < -0.39 is 5.97 Å². The van der Waals surface area contributed by atoms with E-state index in [2.05, 4.69) is 0 Å². The Morgan fingerprint density at radius 1 is 1.04 bits per heavy atom. The lowest BCUT2D eigenvalue weighted by Crippen LogP contribution is -2.14. The molecule has 0 unspecified atom stereocenters. The zero-order chi connectivity index (χ0) is 17.9. The van der Waals surface area contributed by atoms with Crippen LogP contribution in [-0.4, -0.2) is 18.5 Å². The molecule has 0 aromatic heterocycles. The summed E-state index contributed by atoms with van der Waals surface area (Å²) in [5, 5.41) is 1.88. The van der Waals surface area contributed by atoms with Crippen LogP contribution in [0.3, 0.4) is 0 Å². The molecule has 0 atom stereocenters. The standard InChI is InChI=1S/C21H16O5/c22-20(25-11-14-4-2-1-3-5-14)13-24-16-7-9-17-15(10-16)6-8-18-19(17)12-26-21(18)23/h1-10H,11-13H2. The van der Waals surface area contributed by atoms with Crippen molar-refractivity contribution in [1.82, 2.24) is 0 Å². The Labute approximate surface area is 150 Å². The first-order valence-electron chi connectivity index (χ1n) is 8.26. The van der Waals surface area contributed by atoms with Gasteiger partial charge in [0.25, 0.3) is 0 Å². The van der Waals surface area contributed by atoms with E-state index in [0.29, 0.717) is 11.3 Å². The van der Waals surface area contributed by atoms with E-state index in [-0.39, 0.29) is 25.8 Å². The summed E-state index contributed by atoms with van der Waals surface area (Å²) in [4.78, 5) is 23.5. The Hall–Kier alpha value is -3.34. The van der Waals surface area contributed by atoms with Crippen LogP contribution in [0, 0.1) is 0 Å². The summed E-state index contributed by atoms with van der Waals surface area (Å²) in [5.41, 5.74) is 2.43. The number of rotatable bonds is 5. The number of cyclic esters (lactones) is 1. The van der Waals surface area contributed by atoms with Crippen molar-refractivity contribution >= 4 is 22.7 Å². The third-order valence-electron chi connectivity index (χ3n) is 4.27. The van der Waals surface area contributed by atoms with Crippen molar-refractivity contribution in [3.8, 4) is 5.75 Å². The van der Waals surface area contributed by atoms with Gasteiger partial charge >= 0.3 is 11.9 Å². The van der Waals surface area contributed by atoms with Crippen LogP contribution in [0.15, 0.2) is 60.7 Å². The molecule has 3 aromatic carbocycles. The number of carbonyl (C=O) groups is 2. The monoisotopic (exact) mass is 348 g/mol. The van der Waals surface area contributed by atoms with Gasteiger partial charge in [-0.15, -0.1) is 0 Å². The van der Waals surface area contributed by atoms with Crippen molar-refractivity contribution in [1.29, 1.82) is 0 Å². The van der Waals surface area contributed by atoms with Crippen LogP contribution in [0.25, 0.3) is 10.8 Å². The first-order chi connectivity index (χ1) is 12.7. The smallest absolute Gasteiger partial charge is 0.344 e. The molecule has 0 amide bonds. The normalized spacial score (nSPS) is 12.5. The summed E-state index contributed by atoms with van der Waals surface area (Å²) in [7, 11) is 0. The van der Waals surface area contributed by atoms with Gasteiger partial charge in [0.1, 0.15) is 19.0 Å². The minimum absolute atomic E-state index is 0.162. The average molecular weight is 348 g/mol. The van der Waals surface area contributed by atoms with Crippen LogP contribution in [0.2, 0.25) is 0 Å². The second-order valence-corrected chi connectivity index (χ2v) is 5.99. The largest absolute Gasteiger partial charge is 0.482 e. The lowest BCUT2D eigenvalue weighted by molar-refractivity contribution is -0.147. The fourth-order valence-corrected chi connectivity index (χ4v) is 2.95. The first kappa shape index (κ1) is 16.1. The Morgan fingerprint density at radius 3 is 2.73 bits per heavy atom. The van der Waals surface area contributed by atoms with Crippen LogP contribution in [0.4, 0.5) is 0 Å². The molecule has 0 fully saturated rings. The van der Waals surface area contributed by atoms with Crippen molar-refractivity contribution in [2.75, 3.05) is 6.61 Å². The third-order valence-corrected chi connectivity index (χ3v) is 4.27. The van der Waals surface area contributed by atoms with E-state index in [4.69, 9.17) is 14.2 Å². The van der Waals surface area contributed by atoms with Crippen LogP contribution in [0.1, 0.15) is 21.5 Å². The van der Waals surface area contributed by atoms with Crippen LogP contribution >= 0.6 is 0 Å². The van der Waals surface area contributed by atoms with Gasteiger partial charge in [-0.1, -0.05) is 42.5 Å². The number of esters is 2. The van der Waals surface area contributed by atoms with Crippen molar-refractivity contribution in [3.63, 3.8) is 0 Å². The highest BCUT2D eigenvalue weighted by Gasteiger charge is 2.22. The molecule has 130 valence electrons. The van der Waals surface area contributed by atoms with E-state index >= 15 is 0 Å². The highest BCUT2D eigenvalue weighted by molar-refractivity contribution is 6.01. The van der Waals surface area contributed by atoms with Crippen LogP contribution in [0.5, 0.6) is 5.75 Å². The molecule has 0 bridgehead atoms. The van der Waals surface area contributed by atoms with Crippen molar-refractivity contribution in [2.24, 2.45) is 0 Å². The molecule has 0 saturated heterocycles. The maximum atomic E-state index is 11.8. The topological polar surface area (TPSA) is 61.8 Å². The van der Waals surface area contributed by atoms with Gasteiger partial charge in [-0.3, -0.25) is 0 Å². The number of fused-ring (bicyclic) bond motifs is 3. The van der Waals surface area contributed by atoms with E-state index in [1.807, 2.05) is 48.5 Å². The summed E-state index contributed by atoms with van der Waals surface area (Å²) >= 11 is 0. The molecule has 0 radical (unpaired) electrons. The molecule has 26 heavy (non-hydrogen) atoms. The molecule has 0 aliphatic carbocycles. The molecule has 1 heterocycles. The second kappa shape index (κ2) is 6.88. The zero-order valence-electron chi connectivity index (χ0n) is 13.9. The number of benzene rings is 3. The number of carbonyl (C=O) groups excluding carboxylic acids is 2. The summed E-state index contributed by atoms with van der Waals surface area (Å²) in [6, 6.07) is 18.6. The summed E-state index contributed by atoms with van der Waals surface area (Å²) < 4.78 is 15.8. The number of ether oxygens (including phenoxy) is 3. The summed E-state index contributed by atoms with van der Waals surface area (Å²) in [6.45, 7) is 0.351. The lowest BCUT2D eigenvalue weighted by Gasteiger charge is -2.09. The van der Waals surface area contributed by atoms with Crippen LogP contribution in [-0.2, 0) is 27.5 Å². The molecule has 5 nitrogen and oxygen atoms in total. The van der Waals surface area contributed by atoms with E-state index in [1.165, 1.54) is 0 Å². The fourth-order valence-electron chi connectivity index (χ4n) is 2.95. The van der Waals surface area contributed by atoms with Crippen LogP contribution < -0.4 is 4.74 Å². The molecule has 5 heteroatoms. The molecule has 4 rings (SSSR count). The highest BCUT2D eigenvalue weighted by atomic mass is 16.6. The summed E-state index contributed by atoms with van der Waals surface area (Å²) in [6.07, 6.45) is 0. The number of hydrogen-bond acceptors (Lipinski definition) is 5. The Kier molecular flexibility index (Phi) is 4.27. The minimum Gasteiger partial charge on any atom is -0.482 e. The zero-order valence-corrected chi connectivity index (χ0v) is 13.9. The SMILES string of the molecule is O=C(COc1ccc2c3c(ccc2c1)C(=O)OC3)OCc1ccccc1. The molecule has 1 aliphatic heterocycles. The second-order valence-electron chi connectivity index (χ2n) is 5.99. The van der Waals surface area contributed by atoms with E-state index in [9.17, 15) is 9.59 Å². The first-order valence-corrected chi connectivity index (χ1v) is 8.26. The van der Waals surface area contributed by atoms with Gasteiger partial charge < -0.3 is 14.2 Å². The maximum Gasteiger partial charge on any atom is 0.344 e. The predicted molar refractivity (Wildman–Crippen MR) is 94.8 cm³/mol. The predicted octanol–water partition coefficient (Wildman–Crippen LogP) is 3.63. The third kappa shape index (κ3) is 3.24. The quantitative estimate of drug-likeness (QED) is 0.659. The van der Waals surface area contributed by atoms with Gasteiger partial charge in [0.15, 0.2) is 6.61 Å². The fraction of sp³-hybridized carbons (Fsp3) is 0.143. The van der Waals surface area contributed by atoms with Gasteiger partial charge in [0, 0.05) is 5.56 Å². The Bertz CT molecular complexity index is 978. The Balaban J connectivity index is 1.40. The minimum atomic E-state index is -0.429. The van der Waals surface area contributed by atoms with Crippen molar-refractivity contribution in [3.05, 3.63) is 77.4 Å². The molecular weight excluding hydrogens is 332 g/mol. The van der Waals surface area contributed by atoms with E-state index in [0.717, 1.165) is 21.9 Å². The summed E-state index contributed by atoms with van der Waals surface area (Å²) in [5.74, 6) is -0.148. The Morgan fingerprint density at radius 2 is 1.88 bits per heavy atom. The average Bonchev–Trinajstić information content (AvgIpc) is 3.06. The molecule has 0 saturated carbocycles. The van der Waals surface area contributed by atoms with Gasteiger partial charge in [-0.05, 0) is 34.5 Å². The molecule has 1 aliphatic rings. The van der Waals surface area contributed by atoms with Gasteiger partial charge in [0.05, 0.1) is 5.56 Å². The number of hydrogen-bond donors (Lipinski definition) is 0. The molecule has 0 N–H and O–H groups in total. The molecule has 0 spiro atoms. The van der Waals surface area contributed by atoms with Gasteiger partial charge in [-0.2, -0.15) is 0 Å². The van der Waals surface area contributed by atoms with Gasteiger partial charge in [0.2, 0.25) is 0 Å².